The Bertz CT molecular complexity index is 639. The van der Waals surface area contributed by atoms with E-state index in [9.17, 15) is 14.4 Å². The number of likely N-dealkylation sites (tertiary alicyclic amines) is 1. The van der Waals surface area contributed by atoms with Crippen molar-refractivity contribution in [3.8, 4) is 0 Å². The summed E-state index contributed by atoms with van der Waals surface area (Å²) in [6.45, 7) is 0.608. The molecular weight excluding hydrogens is 359 g/mol. The molecule has 1 saturated heterocycles. The van der Waals surface area contributed by atoms with Crippen molar-refractivity contribution < 1.29 is 14.4 Å². The minimum Gasteiger partial charge on any atom is -0.355 e. The Kier molecular flexibility index (Phi) is 6.33. The second kappa shape index (κ2) is 8.04. The van der Waals surface area contributed by atoms with Crippen LogP contribution in [0.3, 0.4) is 0 Å². The third kappa shape index (κ3) is 4.62. The van der Waals surface area contributed by atoms with Crippen LogP contribution in [0.5, 0.6) is 0 Å². The summed E-state index contributed by atoms with van der Waals surface area (Å²) in [4.78, 5) is 37.2. The molecule has 1 fully saturated rings. The zero-order valence-electron chi connectivity index (χ0n) is 12.5. The average Bonchev–Trinajstić information content (AvgIpc) is 2.78. The van der Waals surface area contributed by atoms with Crippen molar-refractivity contribution >= 4 is 52.6 Å². The van der Waals surface area contributed by atoms with E-state index in [0.29, 0.717) is 16.6 Å². The van der Waals surface area contributed by atoms with Crippen LogP contribution in [-0.4, -0.2) is 48.4 Å². The summed E-state index contributed by atoms with van der Waals surface area (Å²) >= 11 is 13.4. The van der Waals surface area contributed by atoms with E-state index >= 15 is 0 Å². The lowest BCUT2D eigenvalue weighted by molar-refractivity contribution is -0.142. The summed E-state index contributed by atoms with van der Waals surface area (Å²) in [5.74, 6) is -1.70. The predicted octanol–water partition coefficient (Wildman–Crippen LogP) is 2.25. The van der Waals surface area contributed by atoms with Crippen LogP contribution < -0.4 is 5.32 Å². The summed E-state index contributed by atoms with van der Waals surface area (Å²) < 4.78 is 0. The number of rotatable bonds is 6. The van der Waals surface area contributed by atoms with E-state index < -0.39 is 17.6 Å². The van der Waals surface area contributed by atoms with Gasteiger partial charge in [0.2, 0.25) is 11.7 Å². The number of nitrogens with zero attached hydrogens (tertiary/aromatic N) is 1. The molecule has 1 aromatic rings. The molecule has 124 valence electrons. The zero-order chi connectivity index (χ0) is 17.0. The number of halogens is 2. The first-order valence-electron chi connectivity index (χ1n) is 7.05. The molecule has 2 amide bonds. The van der Waals surface area contributed by atoms with Gasteiger partial charge in [-0.25, -0.2) is 0 Å². The van der Waals surface area contributed by atoms with Crippen molar-refractivity contribution in [3.05, 3.63) is 28.2 Å². The predicted molar refractivity (Wildman–Crippen MR) is 90.9 cm³/mol. The van der Waals surface area contributed by atoms with Crippen molar-refractivity contribution in [1.29, 1.82) is 0 Å². The quantitative estimate of drug-likeness (QED) is 0.359. The van der Waals surface area contributed by atoms with Gasteiger partial charge in [0.05, 0.1) is 10.0 Å². The number of carbonyl (C=O) groups excluding carboxylic acids is 3. The van der Waals surface area contributed by atoms with Gasteiger partial charge in [-0.05, 0) is 30.4 Å². The Morgan fingerprint density at radius 2 is 2.09 bits per heavy atom. The van der Waals surface area contributed by atoms with E-state index in [-0.39, 0.29) is 12.5 Å². The standard InChI is InChI=1S/C15H16Cl2N2O3S/c1-19-8-10(13(20)15(19)22)14(21)18-5-2-6-23-9-3-4-11(16)12(17)7-9/h3-4,7,10H,2,5-6,8H2,1H3,(H,18,21). The summed E-state index contributed by atoms with van der Waals surface area (Å²) in [7, 11) is 1.52. The van der Waals surface area contributed by atoms with Crippen molar-refractivity contribution in [2.24, 2.45) is 5.92 Å². The molecule has 0 radical (unpaired) electrons. The smallest absolute Gasteiger partial charge is 0.290 e. The number of benzene rings is 1. The van der Waals surface area contributed by atoms with Crippen molar-refractivity contribution in [3.63, 3.8) is 0 Å². The minimum absolute atomic E-state index is 0.154. The van der Waals surface area contributed by atoms with E-state index in [1.165, 1.54) is 11.9 Å². The van der Waals surface area contributed by atoms with Gasteiger partial charge in [0, 0.05) is 25.0 Å². The van der Waals surface area contributed by atoms with Gasteiger partial charge in [-0.1, -0.05) is 23.2 Å². The fourth-order valence-corrected chi connectivity index (χ4v) is 3.40. The van der Waals surface area contributed by atoms with Gasteiger partial charge in [-0.3, -0.25) is 14.4 Å². The van der Waals surface area contributed by atoms with Gasteiger partial charge in [-0.2, -0.15) is 0 Å². The minimum atomic E-state index is -0.879. The zero-order valence-corrected chi connectivity index (χ0v) is 14.8. The fourth-order valence-electron chi connectivity index (χ4n) is 2.14. The molecule has 2 rings (SSSR count). The van der Waals surface area contributed by atoms with Crippen LogP contribution in [0.4, 0.5) is 0 Å². The summed E-state index contributed by atoms with van der Waals surface area (Å²) in [6.07, 6.45) is 0.737. The first-order valence-corrected chi connectivity index (χ1v) is 8.79. The van der Waals surface area contributed by atoms with Crippen LogP contribution in [0.1, 0.15) is 6.42 Å². The van der Waals surface area contributed by atoms with E-state index in [0.717, 1.165) is 17.1 Å². The molecule has 8 heteroatoms. The molecule has 1 aliphatic heterocycles. The van der Waals surface area contributed by atoms with Crippen LogP contribution in [0.2, 0.25) is 10.0 Å². The lowest BCUT2D eigenvalue weighted by Gasteiger charge is -2.09. The van der Waals surface area contributed by atoms with E-state index in [1.807, 2.05) is 6.07 Å². The molecule has 1 heterocycles. The first-order chi connectivity index (χ1) is 10.9. The van der Waals surface area contributed by atoms with E-state index in [2.05, 4.69) is 5.32 Å². The highest BCUT2D eigenvalue weighted by Gasteiger charge is 2.41. The number of Topliss-reactive ketones (excluding diaryl/α,β-unsaturated/α-hetero) is 1. The Morgan fingerprint density at radius 3 is 2.70 bits per heavy atom. The highest BCUT2D eigenvalue weighted by atomic mass is 35.5. The highest BCUT2D eigenvalue weighted by molar-refractivity contribution is 7.99. The molecule has 1 N–H and O–H groups in total. The molecule has 0 saturated carbocycles. The number of hydrogen-bond donors (Lipinski definition) is 1. The monoisotopic (exact) mass is 374 g/mol. The molecular formula is C15H16Cl2N2O3S. The lowest BCUT2D eigenvalue weighted by atomic mass is 10.1. The van der Waals surface area contributed by atoms with Crippen LogP contribution in [0.25, 0.3) is 0 Å². The van der Waals surface area contributed by atoms with Crippen LogP contribution >= 0.6 is 35.0 Å². The largest absolute Gasteiger partial charge is 0.355 e. The van der Waals surface area contributed by atoms with Crippen molar-refractivity contribution in [2.45, 2.75) is 11.3 Å². The lowest BCUT2D eigenvalue weighted by Crippen LogP contribution is -2.36. The second-order valence-electron chi connectivity index (χ2n) is 5.17. The Morgan fingerprint density at radius 1 is 1.35 bits per heavy atom. The summed E-state index contributed by atoms with van der Waals surface area (Å²) in [6, 6.07) is 5.43. The molecule has 0 aliphatic carbocycles. The van der Waals surface area contributed by atoms with E-state index in [4.69, 9.17) is 23.2 Å². The Hall–Kier alpha value is -1.24. The van der Waals surface area contributed by atoms with E-state index in [1.54, 1.807) is 23.9 Å². The van der Waals surface area contributed by atoms with Crippen molar-refractivity contribution in [2.75, 3.05) is 25.9 Å². The summed E-state index contributed by atoms with van der Waals surface area (Å²) in [5, 5.41) is 3.73. The SMILES string of the molecule is CN1CC(C(=O)NCCCSc2ccc(Cl)c(Cl)c2)C(=O)C1=O. The Balaban J connectivity index is 1.69. The third-order valence-corrected chi connectivity index (χ3v) is 5.25. The maximum atomic E-state index is 11.9. The maximum absolute atomic E-state index is 11.9. The number of likely N-dealkylation sites (N-methyl/N-ethyl adjacent to an activating group) is 1. The molecule has 23 heavy (non-hydrogen) atoms. The third-order valence-electron chi connectivity index (χ3n) is 3.43. The van der Waals surface area contributed by atoms with Gasteiger partial charge in [-0.15, -0.1) is 11.8 Å². The normalized spacial score (nSPS) is 17.7. The molecule has 1 unspecified atom stereocenters. The molecule has 1 aromatic carbocycles. The molecule has 1 atom stereocenters. The first kappa shape index (κ1) is 18.1. The maximum Gasteiger partial charge on any atom is 0.290 e. The molecule has 0 bridgehead atoms. The van der Waals surface area contributed by atoms with Crippen molar-refractivity contribution in [1.82, 2.24) is 10.2 Å². The van der Waals surface area contributed by atoms with Crippen LogP contribution in [0.15, 0.2) is 23.1 Å². The fraction of sp³-hybridized carbons (Fsp3) is 0.400. The van der Waals surface area contributed by atoms with Gasteiger partial charge < -0.3 is 10.2 Å². The molecule has 1 aliphatic rings. The molecule has 0 spiro atoms. The topological polar surface area (TPSA) is 66.5 Å². The number of amides is 2. The van der Waals surface area contributed by atoms with Gasteiger partial charge in [0.15, 0.2) is 0 Å². The average molecular weight is 375 g/mol. The second-order valence-corrected chi connectivity index (χ2v) is 7.15. The van der Waals surface area contributed by atoms with Crippen LogP contribution in [-0.2, 0) is 14.4 Å². The number of hydrogen-bond acceptors (Lipinski definition) is 4. The van der Waals surface area contributed by atoms with Gasteiger partial charge >= 0.3 is 0 Å². The number of thioether (sulfide) groups is 1. The number of carbonyl (C=O) groups is 3. The number of nitrogens with one attached hydrogen (secondary N) is 1. The molecule has 0 aromatic heterocycles. The van der Waals surface area contributed by atoms with Gasteiger partial charge in [0.1, 0.15) is 5.92 Å². The molecule has 5 nitrogen and oxygen atoms in total. The summed E-state index contributed by atoms with van der Waals surface area (Å²) in [5.41, 5.74) is 0. The number of ketones is 1. The van der Waals surface area contributed by atoms with Gasteiger partial charge in [0.25, 0.3) is 5.91 Å². The Labute approximate surface area is 148 Å². The highest BCUT2D eigenvalue weighted by Crippen LogP contribution is 2.28. The van der Waals surface area contributed by atoms with Crippen LogP contribution in [0, 0.1) is 5.92 Å².